The normalized spacial score (nSPS) is 14.9. The Bertz CT molecular complexity index is 2660. The van der Waals surface area contributed by atoms with Crippen molar-refractivity contribution < 1.29 is 0 Å². The van der Waals surface area contributed by atoms with Gasteiger partial charge in [0.15, 0.2) is 0 Å². The fourth-order valence-electron chi connectivity index (χ4n) is 9.30. The van der Waals surface area contributed by atoms with Crippen molar-refractivity contribution in [3.8, 4) is 22.3 Å². The standard InChI is InChI=1S/C48H37N/c1-47(2)39-25-15-14-24-37(39)43-36-23-13-12-22-35(36)42(29-41(43)47)49(32-18-6-5-7-19-32)46-34-21-11-9-17-31(34)28-40-44(46)38-27-26-30-16-8-10-20-33(30)45(38)48(40,3)4/h5-29H,1-4H3. The highest BCUT2D eigenvalue weighted by molar-refractivity contribution is 6.16. The second-order valence-electron chi connectivity index (χ2n) is 14.9. The molecule has 49 heavy (non-hydrogen) atoms. The third-order valence-electron chi connectivity index (χ3n) is 11.6. The van der Waals surface area contributed by atoms with Crippen molar-refractivity contribution in [1.82, 2.24) is 0 Å². The fourth-order valence-corrected chi connectivity index (χ4v) is 9.30. The monoisotopic (exact) mass is 627 g/mol. The molecule has 2 aliphatic carbocycles. The van der Waals surface area contributed by atoms with Gasteiger partial charge in [-0.05, 0) is 84.8 Å². The molecule has 0 amide bonds. The molecule has 234 valence electrons. The summed E-state index contributed by atoms with van der Waals surface area (Å²) in [5, 5.41) is 7.71. The van der Waals surface area contributed by atoms with Crippen LogP contribution in [0.15, 0.2) is 152 Å². The van der Waals surface area contributed by atoms with Crippen LogP contribution in [-0.4, -0.2) is 0 Å². The van der Waals surface area contributed by atoms with Crippen molar-refractivity contribution in [3.63, 3.8) is 0 Å². The number of hydrogen-bond acceptors (Lipinski definition) is 1. The van der Waals surface area contributed by atoms with Crippen LogP contribution in [0.2, 0.25) is 0 Å². The first-order chi connectivity index (χ1) is 23.9. The van der Waals surface area contributed by atoms with Crippen molar-refractivity contribution in [2.45, 2.75) is 38.5 Å². The Morgan fingerprint density at radius 3 is 1.82 bits per heavy atom. The average Bonchev–Trinajstić information content (AvgIpc) is 3.51. The van der Waals surface area contributed by atoms with Crippen LogP contribution in [0.5, 0.6) is 0 Å². The highest BCUT2D eigenvalue weighted by atomic mass is 15.1. The number of fused-ring (bicyclic) bond motifs is 11. The summed E-state index contributed by atoms with van der Waals surface area (Å²) in [6, 6.07) is 56.7. The van der Waals surface area contributed by atoms with E-state index in [1.54, 1.807) is 0 Å². The molecular formula is C48H37N. The maximum Gasteiger partial charge on any atom is 0.0621 e. The van der Waals surface area contributed by atoms with Gasteiger partial charge in [0, 0.05) is 32.9 Å². The Morgan fingerprint density at radius 1 is 0.408 bits per heavy atom. The van der Waals surface area contributed by atoms with Gasteiger partial charge in [-0.3, -0.25) is 0 Å². The molecule has 0 saturated heterocycles. The number of benzene rings is 8. The predicted octanol–water partition coefficient (Wildman–Crippen LogP) is 13.2. The minimum atomic E-state index is -0.184. The van der Waals surface area contributed by atoms with E-state index in [1.807, 2.05) is 0 Å². The Kier molecular flexibility index (Phi) is 5.75. The van der Waals surface area contributed by atoms with Gasteiger partial charge in [-0.1, -0.05) is 155 Å². The van der Waals surface area contributed by atoms with Crippen molar-refractivity contribution in [2.24, 2.45) is 0 Å². The Morgan fingerprint density at radius 2 is 1.02 bits per heavy atom. The van der Waals surface area contributed by atoms with Gasteiger partial charge in [0.05, 0.1) is 11.4 Å². The van der Waals surface area contributed by atoms with Gasteiger partial charge >= 0.3 is 0 Å². The summed E-state index contributed by atoms with van der Waals surface area (Å²) < 4.78 is 0. The second-order valence-corrected chi connectivity index (χ2v) is 14.9. The van der Waals surface area contributed by atoms with Crippen molar-refractivity contribution >= 4 is 49.4 Å². The first-order valence-electron chi connectivity index (χ1n) is 17.5. The molecule has 0 spiro atoms. The summed E-state index contributed by atoms with van der Waals surface area (Å²) in [5.41, 5.74) is 14.3. The van der Waals surface area contributed by atoms with Gasteiger partial charge in [0.25, 0.3) is 0 Å². The molecule has 8 aromatic rings. The third kappa shape index (κ3) is 3.76. The van der Waals surface area contributed by atoms with E-state index in [9.17, 15) is 0 Å². The lowest BCUT2D eigenvalue weighted by Crippen LogP contribution is -2.18. The first-order valence-corrected chi connectivity index (χ1v) is 17.5. The molecule has 0 aliphatic heterocycles. The molecule has 0 heterocycles. The Labute approximate surface area is 288 Å². The number of anilines is 3. The molecule has 0 N–H and O–H groups in total. The second kappa shape index (κ2) is 9.94. The Balaban J connectivity index is 1.38. The smallest absolute Gasteiger partial charge is 0.0621 e. The zero-order valence-corrected chi connectivity index (χ0v) is 28.4. The molecule has 8 aromatic carbocycles. The van der Waals surface area contributed by atoms with Crippen molar-refractivity contribution in [3.05, 3.63) is 174 Å². The predicted molar refractivity (Wildman–Crippen MR) is 209 cm³/mol. The van der Waals surface area contributed by atoms with E-state index in [0.717, 1.165) is 5.69 Å². The van der Waals surface area contributed by atoms with Crippen LogP contribution in [0.1, 0.15) is 49.9 Å². The summed E-state index contributed by atoms with van der Waals surface area (Å²) in [5.74, 6) is 0. The van der Waals surface area contributed by atoms with E-state index in [1.165, 1.54) is 88.2 Å². The van der Waals surface area contributed by atoms with E-state index < -0.39 is 0 Å². The molecule has 0 fully saturated rings. The number of hydrogen-bond donors (Lipinski definition) is 0. The maximum absolute atomic E-state index is 2.59. The molecule has 2 aliphatic rings. The lowest BCUT2D eigenvalue weighted by atomic mass is 9.79. The minimum absolute atomic E-state index is 0.138. The summed E-state index contributed by atoms with van der Waals surface area (Å²) in [6.07, 6.45) is 0. The maximum atomic E-state index is 2.59. The quantitative estimate of drug-likeness (QED) is 0.188. The topological polar surface area (TPSA) is 3.24 Å². The largest absolute Gasteiger partial charge is 0.309 e. The lowest BCUT2D eigenvalue weighted by molar-refractivity contribution is 0.661. The molecule has 1 nitrogen and oxygen atoms in total. The highest BCUT2D eigenvalue weighted by Crippen LogP contribution is 2.60. The third-order valence-corrected chi connectivity index (χ3v) is 11.6. The molecule has 0 atom stereocenters. The first kappa shape index (κ1) is 28.4. The highest BCUT2D eigenvalue weighted by Gasteiger charge is 2.42. The summed E-state index contributed by atoms with van der Waals surface area (Å²) >= 11 is 0. The average molecular weight is 628 g/mol. The van der Waals surface area contributed by atoms with E-state index in [2.05, 4.69) is 184 Å². The molecule has 0 saturated carbocycles. The van der Waals surface area contributed by atoms with Gasteiger partial charge in [-0.15, -0.1) is 0 Å². The molecular weight excluding hydrogens is 591 g/mol. The van der Waals surface area contributed by atoms with Gasteiger partial charge in [0.1, 0.15) is 0 Å². The SMILES string of the molecule is CC1(C)c2ccccc2-c2c1cc(N(c1ccccc1)c1c3c(cc4ccccc14)C(C)(C)c1c-3ccc3ccccc13)c1ccccc21. The van der Waals surface area contributed by atoms with Crippen molar-refractivity contribution in [1.29, 1.82) is 0 Å². The van der Waals surface area contributed by atoms with E-state index in [-0.39, 0.29) is 10.8 Å². The van der Waals surface area contributed by atoms with E-state index in [4.69, 9.17) is 0 Å². The summed E-state index contributed by atoms with van der Waals surface area (Å²) in [4.78, 5) is 2.59. The minimum Gasteiger partial charge on any atom is -0.309 e. The number of para-hydroxylation sites is 1. The van der Waals surface area contributed by atoms with Crippen LogP contribution in [0, 0.1) is 0 Å². The van der Waals surface area contributed by atoms with Crippen LogP contribution in [0.3, 0.4) is 0 Å². The Hall–Kier alpha value is -5.66. The molecule has 1 heteroatoms. The zero-order valence-electron chi connectivity index (χ0n) is 28.4. The summed E-state index contributed by atoms with van der Waals surface area (Å²) in [7, 11) is 0. The van der Waals surface area contributed by atoms with Crippen LogP contribution >= 0.6 is 0 Å². The van der Waals surface area contributed by atoms with Crippen molar-refractivity contribution in [2.75, 3.05) is 4.90 Å². The molecule has 0 bridgehead atoms. The molecule has 0 radical (unpaired) electrons. The van der Waals surface area contributed by atoms with Crippen LogP contribution < -0.4 is 4.90 Å². The summed E-state index contributed by atoms with van der Waals surface area (Å²) in [6.45, 7) is 9.62. The van der Waals surface area contributed by atoms with Crippen LogP contribution in [0.25, 0.3) is 54.6 Å². The zero-order chi connectivity index (χ0) is 33.1. The van der Waals surface area contributed by atoms with E-state index in [0.29, 0.717) is 0 Å². The molecule has 0 unspecified atom stereocenters. The van der Waals surface area contributed by atoms with Crippen LogP contribution in [-0.2, 0) is 10.8 Å². The molecule has 0 aromatic heterocycles. The van der Waals surface area contributed by atoms with Gasteiger partial charge in [-0.2, -0.15) is 0 Å². The van der Waals surface area contributed by atoms with Crippen LogP contribution in [0.4, 0.5) is 17.1 Å². The molecule has 10 rings (SSSR count). The van der Waals surface area contributed by atoms with Gasteiger partial charge in [-0.25, -0.2) is 0 Å². The number of rotatable bonds is 3. The van der Waals surface area contributed by atoms with Gasteiger partial charge < -0.3 is 4.90 Å². The fraction of sp³-hybridized carbons (Fsp3) is 0.125. The lowest BCUT2D eigenvalue weighted by Gasteiger charge is -2.33. The van der Waals surface area contributed by atoms with Gasteiger partial charge in [0.2, 0.25) is 0 Å². The number of nitrogens with zero attached hydrogens (tertiary/aromatic N) is 1. The van der Waals surface area contributed by atoms with E-state index >= 15 is 0 Å².